The van der Waals surface area contributed by atoms with Crippen molar-refractivity contribution in [3.8, 4) is 0 Å². The third-order valence-electron chi connectivity index (χ3n) is 3.15. The van der Waals surface area contributed by atoms with Crippen molar-refractivity contribution in [2.75, 3.05) is 33.2 Å². The molecule has 132 valence electrons. The van der Waals surface area contributed by atoms with E-state index in [1.807, 2.05) is 13.8 Å². The van der Waals surface area contributed by atoms with E-state index in [1.54, 1.807) is 20.3 Å². The van der Waals surface area contributed by atoms with E-state index in [4.69, 9.17) is 32.7 Å². The summed E-state index contributed by atoms with van der Waals surface area (Å²) in [5.41, 5.74) is 1.33. The Balaban J connectivity index is 3.06. The molecule has 0 atom stereocenters. The van der Waals surface area contributed by atoms with E-state index in [1.165, 1.54) is 13.2 Å². The number of carbonyl (C=O) groups is 1. The second-order valence-corrected chi connectivity index (χ2v) is 5.57. The van der Waals surface area contributed by atoms with Gasteiger partial charge in [-0.3, -0.25) is 0 Å². The number of halogens is 2. The fraction of sp³-hybridized carbons (Fsp3) is 0.375. The van der Waals surface area contributed by atoms with Crippen LogP contribution in [0.3, 0.4) is 0 Å². The molecule has 0 aliphatic carbocycles. The lowest BCUT2D eigenvalue weighted by Crippen LogP contribution is -2.10. The van der Waals surface area contributed by atoms with E-state index in [-0.39, 0.29) is 15.9 Å². The number of pyridine rings is 1. The van der Waals surface area contributed by atoms with E-state index in [0.717, 1.165) is 5.57 Å². The third kappa shape index (κ3) is 5.32. The first-order valence-electron chi connectivity index (χ1n) is 6.98. The smallest absolute Gasteiger partial charge is 0.358 e. The summed E-state index contributed by atoms with van der Waals surface area (Å²) < 4.78 is 15.1. The van der Waals surface area contributed by atoms with E-state index in [9.17, 15) is 4.79 Å². The summed E-state index contributed by atoms with van der Waals surface area (Å²) in [6.07, 6.45) is 1.78. The molecule has 1 aromatic heterocycles. The number of rotatable bonds is 7. The highest BCUT2D eigenvalue weighted by Gasteiger charge is 2.17. The fourth-order valence-corrected chi connectivity index (χ4v) is 2.21. The van der Waals surface area contributed by atoms with Gasteiger partial charge in [0.1, 0.15) is 10.9 Å². The number of nitrogens with zero attached hydrogens (tertiary/aromatic N) is 1. The van der Waals surface area contributed by atoms with Crippen LogP contribution in [0.25, 0.3) is 0 Å². The number of esters is 1. The zero-order chi connectivity index (χ0) is 18.3. The molecular formula is C16H20Cl2N2O4. The van der Waals surface area contributed by atoms with Gasteiger partial charge in [0.15, 0.2) is 5.69 Å². The molecule has 1 heterocycles. The number of ether oxygens (including phenoxy) is 3. The molecule has 1 N–H and O–H groups in total. The van der Waals surface area contributed by atoms with E-state index in [0.29, 0.717) is 23.8 Å². The van der Waals surface area contributed by atoms with Gasteiger partial charge < -0.3 is 19.5 Å². The number of anilines is 1. The predicted molar refractivity (Wildman–Crippen MR) is 94.6 cm³/mol. The van der Waals surface area contributed by atoms with Crippen LogP contribution in [0.5, 0.6) is 0 Å². The minimum atomic E-state index is -0.658. The summed E-state index contributed by atoms with van der Waals surface area (Å²) >= 11 is 12.1. The van der Waals surface area contributed by atoms with Gasteiger partial charge in [-0.25, -0.2) is 9.78 Å². The van der Waals surface area contributed by atoms with Crippen LogP contribution in [0.15, 0.2) is 29.2 Å². The highest BCUT2D eigenvalue weighted by Crippen LogP contribution is 2.28. The van der Waals surface area contributed by atoms with Crippen LogP contribution >= 0.6 is 23.2 Å². The van der Waals surface area contributed by atoms with Crippen molar-refractivity contribution in [3.05, 3.63) is 45.1 Å². The lowest BCUT2D eigenvalue weighted by molar-refractivity contribution is 0.0594. The van der Waals surface area contributed by atoms with Crippen molar-refractivity contribution in [1.82, 2.24) is 4.98 Å². The second-order valence-electron chi connectivity index (χ2n) is 4.81. The van der Waals surface area contributed by atoms with Crippen molar-refractivity contribution in [1.29, 1.82) is 0 Å². The van der Waals surface area contributed by atoms with Crippen molar-refractivity contribution >= 4 is 34.9 Å². The minimum Gasteiger partial charge on any atom is -0.501 e. The van der Waals surface area contributed by atoms with Gasteiger partial charge in [0.05, 0.1) is 37.8 Å². The Labute approximate surface area is 151 Å². The van der Waals surface area contributed by atoms with Crippen molar-refractivity contribution in [2.45, 2.75) is 13.8 Å². The molecule has 0 spiro atoms. The Bertz CT molecular complexity index is 672. The Morgan fingerprint density at radius 2 is 1.88 bits per heavy atom. The summed E-state index contributed by atoms with van der Waals surface area (Å²) in [6.45, 7) is 4.13. The van der Waals surface area contributed by atoms with Gasteiger partial charge in [0.2, 0.25) is 0 Å². The molecule has 0 aliphatic rings. The van der Waals surface area contributed by atoms with Crippen LogP contribution < -0.4 is 5.32 Å². The average molecular weight is 375 g/mol. The largest absolute Gasteiger partial charge is 0.501 e. The first-order chi connectivity index (χ1) is 11.3. The zero-order valence-corrected chi connectivity index (χ0v) is 15.7. The van der Waals surface area contributed by atoms with Crippen LogP contribution in [0.2, 0.25) is 10.2 Å². The minimum absolute atomic E-state index is 0.0436. The van der Waals surface area contributed by atoms with E-state index in [2.05, 4.69) is 15.0 Å². The Morgan fingerprint density at radius 3 is 2.42 bits per heavy atom. The summed E-state index contributed by atoms with van der Waals surface area (Å²) in [5.74, 6) is 0.713. The number of hydrogen-bond acceptors (Lipinski definition) is 6. The van der Waals surface area contributed by atoms with Crippen LogP contribution in [-0.2, 0) is 14.2 Å². The first kappa shape index (κ1) is 20.1. The lowest BCUT2D eigenvalue weighted by Gasteiger charge is -2.13. The standard InChI is InChI=1S/C16H20Cl2N2O4/c1-9(12(23-4)6-10(2)22-3)8-19-11-7-13(17)20-15(14(11)18)16(21)24-5/h6-7H,8H2,1-5H3,(H,19,20). The number of hydrogen-bond donors (Lipinski definition) is 1. The maximum absolute atomic E-state index is 11.7. The molecule has 24 heavy (non-hydrogen) atoms. The Morgan fingerprint density at radius 1 is 1.21 bits per heavy atom. The molecule has 1 aromatic rings. The predicted octanol–water partition coefficient (Wildman–Crippen LogP) is 4.06. The summed E-state index contributed by atoms with van der Waals surface area (Å²) in [7, 11) is 4.40. The number of aromatic nitrogens is 1. The molecule has 0 amide bonds. The first-order valence-corrected chi connectivity index (χ1v) is 7.73. The molecule has 0 unspecified atom stereocenters. The van der Waals surface area contributed by atoms with E-state index < -0.39 is 5.97 Å². The molecule has 8 heteroatoms. The van der Waals surface area contributed by atoms with Crippen molar-refractivity contribution in [3.63, 3.8) is 0 Å². The summed E-state index contributed by atoms with van der Waals surface area (Å²) in [5, 5.41) is 3.38. The number of methoxy groups -OCH3 is 3. The molecule has 0 saturated carbocycles. The average Bonchev–Trinajstić information content (AvgIpc) is 2.58. The quantitative estimate of drug-likeness (QED) is 0.336. The molecule has 6 nitrogen and oxygen atoms in total. The van der Waals surface area contributed by atoms with Crippen LogP contribution in [0.1, 0.15) is 24.3 Å². The van der Waals surface area contributed by atoms with Crippen LogP contribution in [0.4, 0.5) is 5.69 Å². The topological polar surface area (TPSA) is 69.7 Å². The van der Waals surface area contributed by atoms with Gasteiger partial charge in [-0.2, -0.15) is 0 Å². The zero-order valence-electron chi connectivity index (χ0n) is 14.2. The Kier molecular flexibility index (Phi) is 7.88. The fourth-order valence-electron chi connectivity index (χ4n) is 1.77. The molecule has 0 aliphatic heterocycles. The molecule has 0 saturated heterocycles. The second kappa shape index (κ2) is 9.39. The molecule has 0 fully saturated rings. The molecular weight excluding hydrogens is 355 g/mol. The van der Waals surface area contributed by atoms with Gasteiger partial charge in [-0.05, 0) is 19.4 Å². The highest BCUT2D eigenvalue weighted by molar-refractivity contribution is 6.37. The third-order valence-corrected chi connectivity index (χ3v) is 3.72. The van der Waals surface area contributed by atoms with Crippen LogP contribution in [-0.4, -0.2) is 38.8 Å². The SMILES string of the molecule is COC(=O)c1nc(Cl)cc(NCC(C)=C(C=C(C)OC)OC)c1Cl. The normalized spacial score (nSPS) is 12.4. The van der Waals surface area contributed by atoms with Gasteiger partial charge in [0.25, 0.3) is 0 Å². The summed E-state index contributed by atoms with van der Waals surface area (Å²) in [6, 6.07) is 1.53. The number of nitrogens with one attached hydrogen (secondary N) is 1. The van der Waals surface area contributed by atoms with Gasteiger partial charge >= 0.3 is 5.97 Å². The maximum Gasteiger partial charge on any atom is 0.358 e. The molecule has 0 radical (unpaired) electrons. The summed E-state index contributed by atoms with van der Waals surface area (Å²) in [4.78, 5) is 15.6. The number of allylic oxidation sites excluding steroid dienone is 2. The molecule has 0 aromatic carbocycles. The number of carbonyl (C=O) groups excluding carboxylic acids is 1. The van der Waals surface area contributed by atoms with Crippen LogP contribution in [0, 0.1) is 0 Å². The monoisotopic (exact) mass is 374 g/mol. The van der Waals surface area contributed by atoms with Gasteiger partial charge in [-0.15, -0.1) is 0 Å². The van der Waals surface area contributed by atoms with Crippen molar-refractivity contribution < 1.29 is 19.0 Å². The molecule has 1 rings (SSSR count). The highest BCUT2D eigenvalue weighted by atomic mass is 35.5. The van der Waals surface area contributed by atoms with Gasteiger partial charge in [0, 0.05) is 18.7 Å². The maximum atomic E-state index is 11.7. The van der Waals surface area contributed by atoms with Crippen molar-refractivity contribution in [2.24, 2.45) is 0 Å². The van der Waals surface area contributed by atoms with E-state index >= 15 is 0 Å². The Hall–Kier alpha value is -1.92. The molecule has 0 bridgehead atoms. The van der Waals surface area contributed by atoms with Gasteiger partial charge in [-0.1, -0.05) is 23.2 Å². The lowest BCUT2D eigenvalue weighted by atomic mass is 10.2.